The molecule has 0 unspecified atom stereocenters. The van der Waals surface area contributed by atoms with Crippen LogP contribution in [0.25, 0.3) is 11.6 Å². The van der Waals surface area contributed by atoms with Crippen LogP contribution in [-0.2, 0) is 0 Å². The predicted octanol–water partition coefficient (Wildman–Crippen LogP) is 2.27. The van der Waals surface area contributed by atoms with Gasteiger partial charge in [-0.05, 0) is 38.0 Å². The zero-order chi connectivity index (χ0) is 14.1. The molecule has 2 aromatic heterocycles. The van der Waals surface area contributed by atoms with Crippen LogP contribution >= 0.6 is 0 Å². The van der Waals surface area contributed by atoms with Gasteiger partial charge in [-0.25, -0.2) is 9.97 Å². The van der Waals surface area contributed by atoms with Crippen LogP contribution < -0.4 is 4.57 Å². The maximum atomic E-state index is 4.22. The Hall–Kier alpha value is -2.49. The molecule has 1 aromatic carbocycles. The Labute approximate surface area is 118 Å². The predicted molar refractivity (Wildman–Crippen MR) is 75.9 cm³/mol. The van der Waals surface area contributed by atoms with Crippen LogP contribution in [0.15, 0.2) is 43.0 Å². The molecule has 2 heterocycles. The summed E-state index contributed by atoms with van der Waals surface area (Å²) in [5.41, 5.74) is 4.89. The molecule has 3 rings (SSSR count). The molecule has 0 atom stereocenters. The van der Waals surface area contributed by atoms with Gasteiger partial charge in [-0.1, -0.05) is 17.7 Å². The van der Waals surface area contributed by atoms with Crippen LogP contribution in [0.2, 0.25) is 0 Å². The largest absolute Gasteiger partial charge is 0.298 e. The number of imidazole rings is 1. The van der Waals surface area contributed by atoms with Crippen LogP contribution in [0.3, 0.4) is 0 Å². The summed E-state index contributed by atoms with van der Waals surface area (Å²) in [7, 11) is 0. The molecule has 20 heavy (non-hydrogen) atoms. The van der Waals surface area contributed by atoms with Crippen LogP contribution in [0.5, 0.6) is 0 Å². The second-order valence-electron chi connectivity index (χ2n) is 4.93. The van der Waals surface area contributed by atoms with Gasteiger partial charge in [-0.3, -0.25) is 9.13 Å². The van der Waals surface area contributed by atoms with Gasteiger partial charge in [0.25, 0.3) is 12.3 Å². The molecule has 0 radical (unpaired) electrons. The molecule has 0 aliphatic carbocycles. The molecule has 3 aromatic rings. The quantitative estimate of drug-likeness (QED) is 0.525. The highest BCUT2D eigenvalue weighted by Crippen LogP contribution is 2.16. The first-order valence-corrected chi connectivity index (χ1v) is 6.53. The molecule has 0 fully saturated rings. The first-order chi connectivity index (χ1) is 9.65. The number of hydrogen-bond acceptors (Lipinski definition) is 2. The van der Waals surface area contributed by atoms with Gasteiger partial charge in [-0.15, -0.1) is 0 Å². The fourth-order valence-electron chi connectivity index (χ4n) is 2.52. The molecule has 0 amide bonds. The van der Waals surface area contributed by atoms with Gasteiger partial charge >= 0.3 is 0 Å². The Morgan fingerprint density at radius 2 is 1.70 bits per heavy atom. The average molecular weight is 264 g/mol. The maximum absolute atomic E-state index is 4.22. The number of aromatic nitrogens is 4. The van der Waals surface area contributed by atoms with Crippen LogP contribution in [0, 0.1) is 27.1 Å². The Kier molecular flexibility index (Phi) is 3.06. The molecule has 0 saturated carbocycles. The summed E-state index contributed by atoms with van der Waals surface area (Å²) in [5.74, 6) is 0.619. The van der Waals surface area contributed by atoms with Crippen LogP contribution in [-0.4, -0.2) is 14.5 Å². The molecule has 100 valence electrons. The Morgan fingerprint density at radius 1 is 1.05 bits per heavy atom. The smallest absolute Gasteiger partial charge is 0.271 e. The zero-order valence-electron chi connectivity index (χ0n) is 11.8. The number of aryl methyl sites for hydroxylation is 3. The van der Waals surface area contributed by atoms with Crippen molar-refractivity contribution in [2.45, 2.75) is 20.8 Å². The minimum atomic E-state index is 0.619. The van der Waals surface area contributed by atoms with Crippen molar-refractivity contribution in [3.05, 3.63) is 66.0 Å². The van der Waals surface area contributed by atoms with Crippen molar-refractivity contribution in [3.8, 4) is 11.6 Å². The van der Waals surface area contributed by atoms with E-state index in [-0.39, 0.29) is 0 Å². The molecule has 0 aliphatic heterocycles. The van der Waals surface area contributed by atoms with Crippen molar-refractivity contribution >= 4 is 0 Å². The van der Waals surface area contributed by atoms with Gasteiger partial charge < -0.3 is 0 Å². The SMILES string of the molecule is Cc1cc(C)c(-[n+]2[c-]n(-c3ncccn3)cc2)c(C)c1. The van der Waals surface area contributed by atoms with Gasteiger partial charge in [0.1, 0.15) is 0 Å². The molecule has 0 N–H and O–H groups in total. The van der Waals surface area contributed by atoms with E-state index in [1.54, 1.807) is 23.0 Å². The third kappa shape index (κ3) is 2.20. The van der Waals surface area contributed by atoms with Crippen molar-refractivity contribution in [3.63, 3.8) is 0 Å². The number of nitrogens with zero attached hydrogens (tertiary/aromatic N) is 4. The highest BCUT2D eigenvalue weighted by molar-refractivity contribution is 5.43. The topological polar surface area (TPSA) is 34.6 Å². The molecular weight excluding hydrogens is 248 g/mol. The van der Waals surface area contributed by atoms with E-state index in [2.05, 4.69) is 49.2 Å². The fraction of sp³-hybridized carbons (Fsp3) is 0.188. The first kappa shape index (κ1) is 12.5. The molecule has 0 aliphatic rings. The van der Waals surface area contributed by atoms with E-state index < -0.39 is 0 Å². The minimum Gasteiger partial charge on any atom is -0.298 e. The number of benzene rings is 1. The third-order valence-corrected chi connectivity index (χ3v) is 3.22. The summed E-state index contributed by atoms with van der Waals surface area (Å²) < 4.78 is 3.78. The monoisotopic (exact) mass is 264 g/mol. The highest BCUT2D eigenvalue weighted by atomic mass is 15.2. The lowest BCUT2D eigenvalue weighted by Crippen LogP contribution is -2.30. The van der Waals surface area contributed by atoms with E-state index in [0.717, 1.165) is 5.69 Å². The molecule has 0 saturated heterocycles. The van der Waals surface area contributed by atoms with Gasteiger partial charge in [-0.2, -0.15) is 0 Å². The highest BCUT2D eigenvalue weighted by Gasteiger charge is 2.09. The van der Waals surface area contributed by atoms with Gasteiger partial charge in [0.15, 0.2) is 0 Å². The van der Waals surface area contributed by atoms with Gasteiger partial charge in [0.2, 0.25) is 0 Å². The third-order valence-electron chi connectivity index (χ3n) is 3.22. The molecular formula is C16H16N4. The lowest BCUT2D eigenvalue weighted by atomic mass is 10.1. The fourth-order valence-corrected chi connectivity index (χ4v) is 2.52. The van der Waals surface area contributed by atoms with E-state index in [1.165, 1.54) is 16.7 Å². The molecule has 0 spiro atoms. The zero-order valence-corrected chi connectivity index (χ0v) is 11.8. The normalized spacial score (nSPS) is 10.8. The van der Waals surface area contributed by atoms with Crippen molar-refractivity contribution in [1.29, 1.82) is 0 Å². The van der Waals surface area contributed by atoms with Crippen molar-refractivity contribution in [2.24, 2.45) is 0 Å². The molecule has 0 bridgehead atoms. The second kappa shape index (κ2) is 4.89. The molecule has 4 nitrogen and oxygen atoms in total. The van der Waals surface area contributed by atoms with E-state index in [9.17, 15) is 0 Å². The lowest BCUT2D eigenvalue weighted by molar-refractivity contribution is -0.600. The van der Waals surface area contributed by atoms with Gasteiger partial charge in [0, 0.05) is 24.8 Å². The number of hydrogen-bond donors (Lipinski definition) is 0. The Bertz CT molecular complexity index is 721. The summed E-state index contributed by atoms with van der Waals surface area (Å²) in [6.07, 6.45) is 10.6. The van der Waals surface area contributed by atoms with E-state index >= 15 is 0 Å². The average Bonchev–Trinajstić information content (AvgIpc) is 2.88. The van der Waals surface area contributed by atoms with Crippen molar-refractivity contribution in [2.75, 3.05) is 0 Å². The summed E-state index contributed by atoms with van der Waals surface area (Å²) >= 11 is 0. The Morgan fingerprint density at radius 3 is 2.35 bits per heavy atom. The first-order valence-electron chi connectivity index (χ1n) is 6.53. The Balaban J connectivity index is 2.07. The lowest BCUT2D eigenvalue weighted by Gasteiger charge is -2.11. The van der Waals surface area contributed by atoms with Gasteiger partial charge in [0.05, 0.1) is 5.69 Å². The van der Waals surface area contributed by atoms with E-state index in [1.807, 2.05) is 17.0 Å². The van der Waals surface area contributed by atoms with Crippen LogP contribution in [0.1, 0.15) is 16.7 Å². The summed E-state index contributed by atoms with van der Waals surface area (Å²) in [6.45, 7) is 6.35. The summed E-state index contributed by atoms with van der Waals surface area (Å²) in [5, 5.41) is 0. The standard InChI is InChI=1S/C16H16N4/c1-12-9-13(2)15(14(3)10-12)19-7-8-20(11-19)16-17-5-4-6-18-16/h4-10H,1-3H3. The molecule has 4 heteroatoms. The van der Waals surface area contributed by atoms with Crippen LogP contribution in [0.4, 0.5) is 0 Å². The second-order valence-corrected chi connectivity index (χ2v) is 4.93. The van der Waals surface area contributed by atoms with Crippen molar-refractivity contribution < 1.29 is 4.57 Å². The van der Waals surface area contributed by atoms with E-state index in [0.29, 0.717) is 5.95 Å². The summed E-state index contributed by atoms with van der Waals surface area (Å²) in [6, 6.07) is 6.16. The van der Waals surface area contributed by atoms with Crippen molar-refractivity contribution in [1.82, 2.24) is 14.5 Å². The maximum Gasteiger partial charge on any atom is 0.271 e. The number of rotatable bonds is 2. The summed E-state index contributed by atoms with van der Waals surface area (Å²) in [4.78, 5) is 8.44. The van der Waals surface area contributed by atoms with E-state index in [4.69, 9.17) is 0 Å². The minimum absolute atomic E-state index is 0.619.